The van der Waals surface area contributed by atoms with Crippen LogP contribution in [0.4, 0.5) is 10.1 Å². The minimum atomic E-state index is -0.347. The van der Waals surface area contributed by atoms with Crippen molar-refractivity contribution >= 4 is 5.69 Å². The standard InChI is InChI=1S/C12H14FN3/c1-9-8-15-2-3-16(9)12-5-10(7-14)4-11(13)6-12/h4-6,9,15H,2-3,8H2,1H3/t9-/m0/s1. The SMILES string of the molecule is C[C@H]1CNCCN1c1cc(F)cc(C#N)c1. The average Bonchev–Trinajstić information content (AvgIpc) is 2.28. The number of rotatable bonds is 1. The zero-order valence-electron chi connectivity index (χ0n) is 9.20. The highest BCUT2D eigenvalue weighted by atomic mass is 19.1. The van der Waals surface area contributed by atoms with Gasteiger partial charge in [-0.05, 0) is 25.1 Å². The summed E-state index contributed by atoms with van der Waals surface area (Å²) in [6.45, 7) is 4.71. The first-order valence-electron chi connectivity index (χ1n) is 5.39. The molecule has 1 atom stereocenters. The van der Waals surface area contributed by atoms with Gasteiger partial charge in [0.05, 0.1) is 11.6 Å². The normalized spacial score (nSPS) is 20.6. The van der Waals surface area contributed by atoms with E-state index >= 15 is 0 Å². The van der Waals surface area contributed by atoms with Gasteiger partial charge in [-0.25, -0.2) is 4.39 Å². The van der Waals surface area contributed by atoms with Crippen LogP contribution < -0.4 is 10.2 Å². The number of nitriles is 1. The van der Waals surface area contributed by atoms with Gasteiger partial charge < -0.3 is 10.2 Å². The number of hydrogen-bond donors (Lipinski definition) is 1. The topological polar surface area (TPSA) is 39.1 Å². The van der Waals surface area contributed by atoms with Gasteiger partial charge in [-0.15, -0.1) is 0 Å². The Kier molecular flexibility index (Phi) is 3.07. The lowest BCUT2D eigenvalue weighted by molar-refractivity contribution is 0.499. The molecule has 0 spiro atoms. The smallest absolute Gasteiger partial charge is 0.126 e. The van der Waals surface area contributed by atoms with Crippen molar-refractivity contribution in [3.63, 3.8) is 0 Å². The van der Waals surface area contributed by atoms with E-state index in [2.05, 4.69) is 17.1 Å². The van der Waals surface area contributed by atoms with Crippen molar-refractivity contribution < 1.29 is 4.39 Å². The summed E-state index contributed by atoms with van der Waals surface area (Å²) in [5, 5.41) is 12.1. The molecular formula is C12H14FN3. The minimum Gasteiger partial charge on any atom is -0.366 e. The van der Waals surface area contributed by atoms with Gasteiger partial charge in [0.2, 0.25) is 0 Å². The molecule has 0 radical (unpaired) electrons. The fourth-order valence-corrected chi connectivity index (χ4v) is 2.03. The maximum absolute atomic E-state index is 13.3. The molecule has 1 heterocycles. The van der Waals surface area contributed by atoms with Crippen LogP contribution in [0.1, 0.15) is 12.5 Å². The van der Waals surface area contributed by atoms with E-state index in [1.807, 2.05) is 6.07 Å². The van der Waals surface area contributed by atoms with Crippen molar-refractivity contribution in [2.45, 2.75) is 13.0 Å². The third-order valence-corrected chi connectivity index (χ3v) is 2.84. The largest absolute Gasteiger partial charge is 0.366 e. The fraction of sp³-hybridized carbons (Fsp3) is 0.417. The first-order valence-corrected chi connectivity index (χ1v) is 5.39. The van der Waals surface area contributed by atoms with Crippen LogP contribution in [-0.4, -0.2) is 25.7 Å². The first kappa shape index (κ1) is 10.9. The molecule has 1 aromatic carbocycles. The molecule has 0 aliphatic carbocycles. The molecule has 0 saturated carbocycles. The first-order chi connectivity index (χ1) is 7.70. The number of anilines is 1. The van der Waals surface area contributed by atoms with E-state index in [4.69, 9.17) is 5.26 Å². The molecule has 4 heteroatoms. The highest BCUT2D eigenvalue weighted by molar-refractivity contribution is 5.53. The van der Waals surface area contributed by atoms with Crippen LogP contribution in [0, 0.1) is 17.1 Å². The average molecular weight is 219 g/mol. The van der Waals surface area contributed by atoms with Gasteiger partial charge in [-0.2, -0.15) is 5.26 Å². The van der Waals surface area contributed by atoms with E-state index in [-0.39, 0.29) is 5.82 Å². The predicted octanol–water partition coefficient (Wildman–Crippen LogP) is 1.50. The number of nitrogens with one attached hydrogen (secondary N) is 1. The Morgan fingerprint density at radius 3 is 3.00 bits per heavy atom. The Morgan fingerprint density at radius 1 is 1.50 bits per heavy atom. The van der Waals surface area contributed by atoms with Crippen LogP contribution in [0.2, 0.25) is 0 Å². The zero-order valence-corrected chi connectivity index (χ0v) is 9.20. The molecule has 1 N–H and O–H groups in total. The van der Waals surface area contributed by atoms with Crippen LogP contribution in [0.3, 0.4) is 0 Å². The van der Waals surface area contributed by atoms with Crippen LogP contribution in [0.15, 0.2) is 18.2 Å². The maximum Gasteiger partial charge on any atom is 0.126 e. The second-order valence-corrected chi connectivity index (χ2v) is 4.06. The summed E-state index contributed by atoms with van der Waals surface area (Å²) >= 11 is 0. The molecule has 3 nitrogen and oxygen atoms in total. The van der Waals surface area contributed by atoms with Crippen molar-refractivity contribution in [1.82, 2.24) is 5.32 Å². The molecule has 1 fully saturated rings. The third kappa shape index (κ3) is 2.15. The van der Waals surface area contributed by atoms with Gasteiger partial charge in [0, 0.05) is 31.4 Å². The third-order valence-electron chi connectivity index (χ3n) is 2.84. The Bertz CT molecular complexity index is 425. The molecular weight excluding hydrogens is 205 g/mol. The Balaban J connectivity index is 2.32. The predicted molar refractivity (Wildman–Crippen MR) is 60.8 cm³/mol. The summed E-state index contributed by atoms with van der Waals surface area (Å²) in [4.78, 5) is 2.13. The maximum atomic E-state index is 13.3. The van der Waals surface area contributed by atoms with E-state index < -0.39 is 0 Å². The number of hydrogen-bond acceptors (Lipinski definition) is 3. The molecule has 1 saturated heterocycles. The summed E-state index contributed by atoms with van der Waals surface area (Å²) in [6.07, 6.45) is 0. The molecule has 2 rings (SSSR count). The van der Waals surface area contributed by atoms with E-state index in [9.17, 15) is 4.39 Å². The molecule has 0 unspecified atom stereocenters. The van der Waals surface area contributed by atoms with Crippen molar-refractivity contribution in [2.24, 2.45) is 0 Å². The van der Waals surface area contributed by atoms with Gasteiger partial charge in [0.25, 0.3) is 0 Å². The molecule has 84 valence electrons. The van der Waals surface area contributed by atoms with Crippen molar-refractivity contribution in [2.75, 3.05) is 24.5 Å². The van der Waals surface area contributed by atoms with Crippen LogP contribution in [0.5, 0.6) is 0 Å². The van der Waals surface area contributed by atoms with E-state index in [0.29, 0.717) is 11.6 Å². The molecule has 0 amide bonds. The molecule has 1 aliphatic heterocycles. The second-order valence-electron chi connectivity index (χ2n) is 4.06. The number of benzene rings is 1. The summed E-state index contributed by atoms with van der Waals surface area (Å²) in [5.74, 6) is -0.347. The molecule has 1 aliphatic rings. The highest BCUT2D eigenvalue weighted by Crippen LogP contribution is 2.21. The van der Waals surface area contributed by atoms with E-state index in [0.717, 1.165) is 25.3 Å². The van der Waals surface area contributed by atoms with Crippen molar-refractivity contribution in [1.29, 1.82) is 5.26 Å². The number of nitrogens with zero attached hydrogens (tertiary/aromatic N) is 2. The Morgan fingerprint density at radius 2 is 2.31 bits per heavy atom. The van der Waals surface area contributed by atoms with Crippen LogP contribution in [0.25, 0.3) is 0 Å². The Hall–Kier alpha value is -1.60. The number of piperazine rings is 1. The molecule has 16 heavy (non-hydrogen) atoms. The van der Waals surface area contributed by atoms with E-state index in [1.165, 1.54) is 12.1 Å². The summed E-state index contributed by atoms with van der Waals surface area (Å²) in [6, 6.07) is 6.79. The molecule has 0 bridgehead atoms. The summed E-state index contributed by atoms with van der Waals surface area (Å²) in [5.41, 5.74) is 1.17. The lowest BCUT2D eigenvalue weighted by atomic mass is 10.1. The summed E-state index contributed by atoms with van der Waals surface area (Å²) < 4.78 is 13.3. The van der Waals surface area contributed by atoms with Crippen LogP contribution >= 0.6 is 0 Å². The highest BCUT2D eigenvalue weighted by Gasteiger charge is 2.18. The molecule has 1 aromatic rings. The van der Waals surface area contributed by atoms with Gasteiger partial charge in [-0.3, -0.25) is 0 Å². The lowest BCUT2D eigenvalue weighted by Gasteiger charge is -2.36. The number of halogens is 1. The minimum absolute atomic E-state index is 0.321. The van der Waals surface area contributed by atoms with Gasteiger partial charge in [-0.1, -0.05) is 0 Å². The fourth-order valence-electron chi connectivity index (χ4n) is 2.03. The van der Waals surface area contributed by atoms with Crippen molar-refractivity contribution in [3.8, 4) is 6.07 Å². The lowest BCUT2D eigenvalue weighted by Crippen LogP contribution is -2.49. The van der Waals surface area contributed by atoms with E-state index in [1.54, 1.807) is 6.07 Å². The van der Waals surface area contributed by atoms with Crippen LogP contribution in [-0.2, 0) is 0 Å². The zero-order chi connectivity index (χ0) is 11.5. The van der Waals surface area contributed by atoms with Gasteiger partial charge in [0.1, 0.15) is 5.82 Å². The quantitative estimate of drug-likeness (QED) is 0.778. The van der Waals surface area contributed by atoms with Crippen molar-refractivity contribution in [3.05, 3.63) is 29.6 Å². The second kappa shape index (κ2) is 4.50. The molecule has 0 aromatic heterocycles. The Labute approximate surface area is 94.5 Å². The summed E-state index contributed by atoms with van der Waals surface area (Å²) in [7, 11) is 0. The monoisotopic (exact) mass is 219 g/mol. The van der Waals surface area contributed by atoms with Gasteiger partial charge >= 0.3 is 0 Å². The van der Waals surface area contributed by atoms with Gasteiger partial charge in [0.15, 0.2) is 0 Å².